The average molecular weight is 933 g/mol. The molecule has 6 aromatic rings. The van der Waals surface area contributed by atoms with E-state index in [0.717, 1.165) is 33.4 Å². The van der Waals surface area contributed by atoms with Gasteiger partial charge in [-0.25, -0.2) is 4.57 Å². The summed E-state index contributed by atoms with van der Waals surface area (Å²) in [7, 11) is -4.65. The second-order valence-corrected chi connectivity index (χ2v) is 26.7. The lowest BCUT2D eigenvalue weighted by molar-refractivity contribution is 0.0564. The normalized spacial score (nSPS) is 13.5. The first-order chi connectivity index (χ1) is 31.3. The van der Waals surface area contributed by atoms with Crippen LogP contribution in [-0.2, 0) is 50.6 Å². The van der Waals surface area contributed by atoms with Crippen LogP contribution in [-0.4, -0.2) is 0 Å². The quantitative estimate of drug-likeness (QED) is 0.115. The minimum atomic E-state index is -4.65. The first-order valence-electron chi connectivity index (χ1n) is 24.6. The van der Waals surface area contributed by atoms with E-state index in [1.807, 2.05) is 0 Å². The maximum absolute atomic E-state index is 16.8. The van der Waals surface area contributed by atoms with Gasteiger partial charge in [0.15, 0.2) is 0 Å². The van der Waals surface area contributed by atoms with E-state index in [4.69, 9.17) is 13.6 Å². The number of hydrogen-bond donors (Lipinski definition) is 0. The Labute approximate surface area is 411 Å². The second-order valence-electron chi connectivity index (χ2n) is 25.1. The van der Waals surface area contributed by atoms with Gasteiger partial charge in [0.2, 0.25) is 0 Å². The zero-order valence-electron chi connectivity index (χ0n) is 44.7. The van der Waals surface area contributed by atoms with Crippen molar-refractivity contribution in [2.24, 2.45) is 0 Å². The summed E-state index contributed by atoms with van der Waals surface area (Å²) < 4.78 is 38.5. The molecule has 0 unspecified atom stereocenters. The summed E-state index contributed by atoms with van der Waals surface area (Å²) >= 11 is 0. The maximum Gasteiger partial charge on any atom is 0.477 e. The number of hydrogen-bond acceptors (Lipinski definition) is 4. The van der Waals surface area contributed by atoms with E-state index in [0.29, 0.717) is 0 Å². The van der Waals surface area contributed by atoms with Crippen LogP contribution in [0.2, 0.25) is 0 Å². The first kappa shape index (κ1) is 52.8. The molecular formula is C63H81O4P. The van der Waals surface area contributed by atoms with Gasteiger partial charge in [-0.1, -0.05) is 270 Å². The molecule has 0 bridgehead atoms. The number of phosphoric acid groups is 1. The van der Waals surface area contributed by atoms with Crippen LogP contribution in [0, 0.1) is 0 Å². The van der Waals surface area contributed by atoms with Crippen LogP contribution in [0.3, 0.4) is 0 Å². The Kier molecular flexibility index (Phi) is 15.3. The van der Waals surface area contributed by atoms with Crippen LogP contribution < -0.4 is 0 Å². The summed E-state index contributed by atoms with van der Waals surface area (Å²) in [5, 5.41) is 0. The fraction of sp³-hybridized carbons (Fsp3) is 0.429. The minimum absolute atomic E-state index is 0.0681. The van der Waals surface area contributed by atoms with Gasteiger partial charge in [0, 0.05) is 0 Å². The zero-order valence-corrected chi connectivity index (χ0v) is 45.6. The lowest BCUT2D eigenvalue weighted by Gasteiger charge is -2.32. The van der Waals surface area contributed by atoms with E-state index in [1.54, 1.807) is 0 Å². The van der Waals surface area contributed by atoms with Crippen molar-refractivity contribution in [2.75, 3.05) is 0 Å². The van der Waals surface area contributed by atoms with Crippen molar-refractivity contribution in [1.82, 2.24) is 0 Å². The number of phosphoric ester groups is 1. The molecule has 0 aliphatic rings. The molecule has 0 aliphatic heterocycles. The third-order valence-electron chi connectivity index (χ3n) is 13.2. The number of rotatable bonds is 12. The Hall–Kier alpha value is -4.57. The highest BCUT2D eigenvalue weighted by Crippen LogP contribution is 2.61. The summed E-state index contributed by atoms with van der Waals surface area (Å²) in [6, 6.07) is 50.9. The van der Waals surface area contributed by atoms with E-state index in [1.165, 1.54) is 33.4 Å². The molecule has 4 nitrogen and oxygen atoms in total. The van der Waals surface area contributed by atoms with E-state index in [9.17, 15) is 0 Å². The summed E-state index contributed by atoms with van der Waals surface area (Å²) in [4.78, 5) is 0. The molecule has 0 spiro atoms. The molecule has 0 atom stereocenters. The highest BCUT2D eigenvalue weighted by atomic mass is 31.2. The van der Waals surface area contributed by atoms with E-state index in [-0.39, 0.29) is 32.5 Å². The molecule has 0 fully saturated rings. The van der Waals surface area contributed by atoms with Gasteiger partial charge < -0.3 is 0 Å². The minimum Gasteiger partial charge on any atom is -0.274 e. The summed E-state index contributed by atoms with van der Waals surface area (Å²) in [6.07, 6.45) is -2.45. The summed E-state index contributed by atoms with van der Waals surface area (Å²) in [5.41, 5.74) is 11.8. The molecule has 0 N–H and O–H groups in total. The molecule has 0 saturated carbocycles. The highest BCUT2D eigenvalue weighted by molar-refractivity contribution is 7.48. The lowest BCUT2D eigenvalue weighted by Crippen LogP contribution is -2.17. The summed E-state index contributed by atoms with van der Waals surface area (Å²) in [6.45, 7) is 39.8. The van der Waals surface area contributed by atoms with Crippen molar-refractivity contribution >= 4 is 7.82 Å². The Balaban J connectivity index is 1.60. The first-order valence-corrected chi connectivity index (χ1v) is 26.1. The molecule has 5 heteroatoms. The molecule has 0 radical (unpaired) electrons. The van der Waals surface area contributed by atoms with Crippen LogP contribution in [0.25, 0.3) is 0 Å². The molecule has 6 aromatic carbocycles. The zero-order chi connectivity index (χ0) is 50.3. The highest BCUT2D eigenvalue weighted by Gasteiger charge is 2.41. The molecule has 0 amide bonds. The van der Waals surface area contributed by atoms with Crippen molar-refractivity contribution in [3.8, 4) is 0 Å². The molecule has 362 valence electrons. The lowest BCUT2D eigenvalue weighted by atomic mass is 9.85. The molecular weight excluding hydrogens is 852 g/mol. The van der Waals surface area contributed by atoms with Gasteiger partial charge in [-0.05, 0) is 99.3 Å². The number of benzene rings is 6. The van der Waals surface area contributed by atoms with E-state index in [2.05, 4.69) is 270 Å². The Bertz CT molecular complexity index is 2150. The standard InChI is InChI=1S/C63H81O4P/c1-58(2,3)49-31-19-43(20-32-49)55(44-21-33-50(34-22-44)59(4,5)6)65-68(64,66-56(45-23-35-51(36-24-45)60(7,8)9)46-25-37-52(38-26-46)61(10,11)12)67-57(47-27-39-53(40-28-47)62(13,14)15)48-29-41-54(42-30-48)63(16,17)18/h19-42,55-57H,1-18H3. The molecule has 0 aliphatic carbocycles. The SMILES string of the molecule is CC(C)(C)c1ccc(C(OP(=O)(OC(c2ccc(C(C)(C)C)cc2)c2ccc(C(C)(C)C)cc2)OC(c2ccc(C(C)(C)C)cc2)c2ccc(C(C)(C)C)cc2)c2ccc(C(C)(C)C)cc2)cc1. The maximum atomic E-state index is 16.8. The molecule has 0 heterocycles. The second kappa shape index (κ2) is 19.7. The fourth-order valence-corrected chi connectivity index (χ4v) is 10.0. The topological polar surface area (TPSA) is 44.8 Å². The van der Waals surface area contributed by atoms with Gasteiger partial charge in [0.25, 0.3) is 0 Å². The van der Waals surface area contributed by atoms with Gasteiger partial charge in [0.1, 0.15) is 18.3 Å². The van der Waals surface area contributed by atoms with Gasteiger partial charge in [-0.2, -0.15) is 0 Å². The van der Waals surface area contributed by atoms with Crippen LogP contribution in [0.15, 0.2) is 146 Å². The van der Waals surface area contributed by atoms with Crippen molar-refractivity contribution in [3.63, 3.8) is 0 Å². The Morgan fingerprint density at radius 3 is 0.471 bits per heavy atom. The van der Waals surface area contributed by atoms with Crippen LogP contribution >= 0.6 is 7.82 Å². The van der Waals surface area contributed by atoms with Crippen LogP contribution in [0.5, 0.6) is 0 Å². The third-order valence-corrected chi connectivity index (χ3v) is 14.6. The third kappa shape index (κ3) is 13.2. The molecule has 0 aromatic heterocycles. The average Bonchev–Trinajstić information content (AvgIpc) is 3.25. The smallest absolute Gasteiger partial charge is 0.274 e. The van der Waals surface area contributed by atoms with Gasteiger partial charge in [-0.15, -0.1) is 0 Å². The van der Waals surface area contributed by atoms with E-state index < -0.39 is 26.1 Å². The predicted molar refractivity (Wildman–Crippen MR) is 287 cm³/mol. The van der Waals surface area contributed by atoms with Crippen LogP contribution in [0.4, 0.5) is 0 Å². The Morgan fingerprint density at radius 1 is 0.250 bits per heavy atom. The van der Waals surface area contributed by atoms with Crippen molar-refractivity contribution < 1.29 is 18.1 Å². The van der Waals surface area contributed by atoms with Gasteiger partial charge >= 0.3 is 7.82 Å². The molecule has 0 saturated heterocycles. The van der Waals surface area contributed by atoms with Crippen molar-refractivity contribution in [2.45, 2.75) is 175 Å². The largest absolute Gasteiger partial charge is 0.477 e. The van der Waals surface area contributed by atoms with Crippen molar-refractivity contribution in [3.05, 3.63) is 212 Å². The predicted octanol–water partition coefficient (Wildman–Crippen LogP) is 18.3. The van der Waals surface area contributed by atoms with Gasteiger partial charge in [-0.3, -0.25) is 13.6 Å². The molecule has 6 rings (SSSR count). The van der Waals surface area contributed by atoms with Gasteiger partial charge in [0.05, 0.1) is 0 Å². The van der Waals surface area contributed by atoms with Crippen LogP contribution in [0.1, 0.15) is 210 Å². The van der Waals surface area contributed by atoms with Crippen molar-refractivity contribution in [1.29, 1.82) is 0 Å². The Morgan fingerprint density at radius 2 is 0.368 bits per heavy atom. The summed E-state index contributed by atoms with van der Waals surface area (Å²) in [5.74, 6) is 0. The van der Waals surface area contributed by atoms with E-state index >= 15 is 4.57 Å². The monoisotopic (exact) mass is 933 g/mol. The fourth-order valence-electron chi connectivity index (χ4n) is 8.35. The molecule has 68 heavy (non-hydrogen) atoms.